The molecule has 167 valence electrons. The van der Waals surface area contributed by atoms with Crippen LogP contribution in [0.25, 0.3) is 46.4 Å². The van der Waals surface area contributed by atoms with Gasteiger partial charge in [0.05, 0.1) is 22.8 Å². The zero-order valence-electron chi connectivity index (χ0n) is 17.7. The molecule has 0 unspecified atom stereocenters. The molecule has 0 fully saturated rings. The fraction of sp³-hybridized carbons (Fsp3) is 0. The average molecular weight is 489 g/mol. The minimum absolute atomic E-state index is 0. The first kappa shape index (κ1) is 23.0. The van der Waals surface area contributed by atoms with E-state index in [2.05, 4.69) is 32.1 Å². The second-order valence-corrected chi connectivity index (χ2v) is 7.41. The molecule has 0 saturated carbocycles. The van der Waals surface area contributed by atoms with Gasteiger partial charge in [-0.05, 0) is 59.6 Å². The summed E-state index contributed by atoms with van der Waals surface area (Å²) in [4.78, 5) is 26.1. The van der Waals surface area contributed by atoms with Gasteiger partial charge < -0.3 is 15.1 Å². The fourth-order valence-corrected chi connectivity index (χ4v) is 3.40. The number of benzene rings is 1. The minimum atomic E-state index is -0.899. The van der Waals surface area contributed by atoms with Crippen LogP contribution in [-0.2, 0) is 16.8 Å². The third-order valence-electron chi connectivity index (χ3n) is 4.93. The number of nitrogens with one attached hydrogen (secondary N) is 2. The molecule has 0 atom stereocenters. The molecular formula is C27H18CoN4O2. The van der Waals surface area contributed by atoms with Gasteiger partial charge in [0.1, 0.15) is 0 Å². The SMILES string of the molecule is O=C(O)c1cc[c-]cc1.[Co+2].[c-]1cc2cc3nc(cc4nc(cc5ccc(cc1[nH]2)[nH]5)C=C4)C=C3. The smallest absolute Gasteiger partial charge is 0.479 e. The number of fused-ring (bicyclic) bond motifs is 8. The summed E-state index contributed by atoms with van der Waals surface area (Å²) in [6, 6.07) is 26.2. The van der Waals surface area contributed by atoms with E-state index in [1.54, 1.807) is 12.1 Å². The van der Waals surface area contributed by atoms with Crippen LogP contribution in [0.15, 0.2) is 66.7 Å². The quantitative estimate of drug-likeness (QED) is 0.261. The van der Waals surface area contributed by atoms with E-state index in [1.165, 1.54) is 12.1 Å². The number of aromatic nitrogens is 4. The average Bonchev–Trinajstić information content (AvgIpc) is 3.61. The summed E-state index contributed by atoms with van der Waals surface area (Å²) >= 11 is 0. The maximum atomic E-state index is 10.2. The Labute approximate surface area is 206 Å². The summed E-state index contributed by atoms with van der Waals surface area (Å²) in [6.07, 6.45) is 8.01. The molecule has 6 nitrogen and oxygen atoms in total. The fourth-order valence-electron chi connectivity index (χ4n) is 3.40. The van der Waals surface area contributed by atoms with Crippen LogP contribution < -0.4 is 0 Å². The molecular weight excluding hydrogens is 471 g/mol. The molecule has 34 heavy (non-hydrogen) atoms. The number of rotatable bonds is 1. The zero-order chi connectivity index (χ0) is 22.6. The number of aromatic carboxylic acids is 1. The number of H-pyrrole nitrogens is 2. The normalized spacial score (nSPS) is 11.3. The number of carboxylic acid groups (broad SMARTS) is 1. The van der Waals surface area contributed by atoms with Gasteiger partial charge in [0.15, 0.2) is 0 Å². The Morgan fingerprint density at radius 2 is 1.29 bits per heavy atom. The summed E-state index contributed by atoms with van der Waals surface area (Å²) in [6.45, 7) is 0. The van der Waals surface area contributed by atoms with Crippen molar-refractivity contribution in [2.45, 2.75) is 0 Å². The molecule has 7 heteroatoms. The first-order chi connectivity index (χ1) is 16.1. The van der Waals surface area contributed by atoms with E-state index < -0.39 is 5.97 Å². The van der Waals surface area contributed by atoms with Crippen molar-refractivity contribution in [1.82, 2.24) is 19.9 Å². The van der Waals surface area contributed by atoms with Crippen molar-refractivity contribution in [3.05, 3.63) is 107 Å². The standard InChI is InChI=1S/C20H13N4.C7H5O2.Co/c1-2-14-10-16-5-6-18(23-16)12-20-8-7-19(24-20)11-17-4-3-15(22-17)9-13(1)21-14;8-7(9)6-4-2-1-3-5-6;/h1-7,9-12,23-24H;2-5H,(H,8,9);/q2*-1;+2. The van der Waals surface area contributed by atoms with E-state index in [0.29, 0.717) is 5.56 Å². The third-order valence-corrected chi connectivity index (χ3v) is 4.93. The number of nitrogens with zero attached hydrogens (tertiary/aromatic N) is 2. The van der Waals surface area contributed by atoms with Crippen LogP contribution in [0, 0.1) is 12.1 Å². The zero-order valence-corrected chi connectivity index (χ0v) is 18.8. The number of hydrogen-bond acceptors (Lipinski definition) is 3. The number of carboxylic acids is 1. The molecule has 5 heterocycles. The first-order valence-corrected chi connectivity index (χ1v) is 10.3. The molecule has 8 bridgehead atoms. The molecule has 6 rings (SSSR count). The van der Waals surface area contributed by atoms with E-state index in [1.807, 2.05) is 66.8 Å². The molecule has 0 saturated heterocycles. The van der Waals surface area contributed by atoms with E-state index in [-0.39, 0.29) is 16.8 Å². The van der Waals surface area contributed by atoms with Crippen molar-refractivity contribution < 1.29 is 26.7 Å². The Balaban J connectivity index is 0.000000234. The van der Waals surface area contributed by atoms with E-state index in [9.17, 15) is 4.79 Å². The predicted molar refractivity (Wildman–Crippen MR) is 130 cm³/mol. The molecule has 2 aliphatic heterocycles. The number of carbonyl (C=O) groups is 1. The van der Waals surface area contributed by atoms with Gasteiger partial charge in [-0.3, -0.25) is 4.98 Å². The Bertz CT molecular complexity index is 1460. The Morgan fingerprint density at radius 3 is 1.88 bits per heavy atom. The van der Waals surface area contributed by atoms with Crippen molar-refractivity contribution in [3.63, 3.8) is 0 Å². The van der Waals surface area contributed by atoms with E-state index in [0.717, 1.165) is 44.8 Å². The molecule has 1 radical (unpaired) electrons. The Morgan fingerprint density at radius 1 is 0.735 bits per heavy atom. The van der Waals surface area contributed by atoms with E-state index in [4.69, 9.17) is 5.11 Å². The van der Waals surface area contributed by atoms with Crippen LogP contribution in [0.1, 0.15) is 33.1 Å². The summed E-state index contributed by atoms with van der Waals surface area (Å²) in [7, 11) is 0. The molecule has 4 aromatic rings. The molecule has 0 amide bonds. The van der Waals surface area contributed by atoms with Gasteiger partial charge in [-0.15, -0.1) is 6.07 Å². The monoisotopic (exact) mass is 489 g/mol. The predicted octanol–water partition coefficient (Wildman–Crippen LogP) is 5.64. The van der Waals surface area contributed by atoms with Gasteiger partial charge in [0.25, 0.3) is 0 Å². The van der Waals surface area contributed by atoms with Crippen LogP contribution in [0.4, 0.5) is 0 Å². The van der Waals surface area contributed by atoms with Crippen molar-refractivity contribution in [1.29, 1.82) is 0 Å². The molecule has 2 aliphatic rings. The third kappa shape index (κ3) is 5.58. The molecule has 0 aliphatic carbocycles. The van der Waals surface area contributed by atoms with Crippen LogP contribution in [0.5, 0.6) is 0 Å². The number of hydrogen-bond donors (Lipinski definition) is 3. The van der Waals surface area contributed by atoms with Gasteiger partial charge in [0, 0.05) is 5.52 Å². The summed E-state index contributed by atoms with van der Waals surface area (Å²) in [5, 5.41) is 8.37. The maximum Gasteiger partial charge on any atom is 2.00 e. The minimum Gasteiger partial charge on any atom is -0.479 e. The van der Waals surface area contributed by atoms with E-state index >= 15 is 0 Å². The van der Waals surface area contributed by atoms with Crippen molar-refractivity contribution in [2.75, 3.05) is 0 Å². The Kier molecular flexibility index (Phi) is 6.86. The van der Waals surface area contributed by atoms with Gasteiger partial charge in [-0.25, -0.2) is 9.78 Å². The van der Waals surface area contributed by atoms with Crippen LogP contribution in [-0.4, -0.2) is 31.0 Å². The van der Waals surface area contributed by atoms with Gasteiger partial charge in [-0.1, -0.05) is 17.1 Å². The molecule has 0 spiro atoms. The largest absolute Gasteiger partial charge is 2.00 e. The van der Waals surface area contributed by atoms with Crippen LogP contribution in [0.3, 0.4) is 0 Å². The topological polar surface area (TPSA) is 94.7 Å². The molecule has 3 N–H and O–H groups in total. The van der Waals surface area contributed by atoms with Gasteiger partial charge >= 0.3 is 22.7 Å². The first-order valence-electron chi connectivity index (χ1n) is 10.3. The summed E-state index contributed by atoms with van der Waals surface area (Å²) < 4.78 is 0. The maximum absolute atomic E-state index is 10.2. The molecule has 3 aromatic heterocycles. The van der Waals surface area contributed by atoms with Crippen molar-refractivity contribution in [3.8, 4) is 0 Å². The van der Waals surface area contributed by atoms with Crippen molar-refractivity contribution >= 4 is 52.3 Å². The van der Waals surface area contributed by atoms with Crippen LogP contribution >= 0.6 is 0 Å². The summed E-state index contributed by atoms with van der Waals surface area (Å²) in [5.41, 5.74) is 7.89. The Hall–Kier alpha value is -4.20. The number of aromatic amines is 2. The summed E-state index contributed by atoms with van der Waals surface area (Å²) in [5.74, 6) is -0.899. The van der Waals surface area contributed by atoms with Gasteiger partial charge in [0.2, 0.25) is 0 Å². The van der Waals surface area contributed by atoms with Gasteiger partial charge in [-0.2, -0.15) is 42.5 Å². The van der Waals surface area contributed by atoms with Crippen LogP contribution in [0.2, 0.25) is 0 Å². The second-order valence-electron chi connectivity index (χ2n) is 7.41. The van der Waals surface area contributed by atoms with Crippen molar-refractivity contribution in [2.24, 2.45) is 0 Å². The molecule has 1 aromatic carbocycles. The second kappa shape index (κ2) is 10.2.